The second-order valence-electron chi connectivity index (χ2n) is 7.09. The number of rotatable bonds is 6. The van der Waals surface area contributed by atoms with Crippen molar-refractivity contribution in [2.75, 3.05) is 13.1 Å². The summed E-state index contributed by atoms with van der Waals surface area (Å²) in [5, 5.41) is 3.74. The topological polar surface area (TPSA) is 66.5 Å². The summed E-state index contributed by atoms with van der Waals surface area (Å²) in [6, 6.07) is 10.8. The Bertz CT molecular complexity index is 925. The van der Waals surface area contributed by atoms with Gasteiger partial charge in [-0.25, -0.2) is 8.42 Å². The maximum Gasteiger partial charge on any atom is 0.252 e. The first kappa shape index (κ1) is 21.3. The average Bonchev–Trinajstić information content (AvgIpc) is 3.14. The Morgan fingerprint density at radius 3 is 2.61 bits per heavy atom. The van der Waals surface area contributed by atoms with E-state index in [1.807, 2.05) is 44.2 Å². The molecule has 5 nitrogen and oxygen atoms in total. The Kier molecular flexibility index (Phi) is 6.81. The molecule has 2 atom stereocenters. The smallest absolute Gasteiger partial charge is 0.252 e. The van der Waals surface area contributed by atoms with E-state index in [0.717, 1.165) is 16.9 Å². The van der Waals surface area contributed by atoms with Crippen molar-refractivity contribution in [2.24, 2.45) is 5.92 Å². The standard InChI is InChI=1S/C20H25ClN2O3S2/c1-3-18(15-7-9-17(21)10-8-15)22-20(24)16-5-4-12-23(13-16)28(25,26)19-11-6-14(2)27-19/h6-11,16,18H,3-5,12-13H2,1-2H3,(H,22,24). The number of benzene rings is 1. The highest BCUT2D eigenvalue weighted by Crippen LogP contribution is 2.29. The Balaban J connectivity index is 1.69. The number of nitrogens with one attached hydrogen (secondary N) is 1. The molecule has 0 saturated carbocycles. The number of nitrogens with zero attached hydrogens (tertiary/aromatic N) is 1. The van der Waals surface area contributed by atoms with E-state index in [-0.39, 0.29) is 24.4 Å². The molecule has 0 bridgehead atoms. The van der Waals surface area contributed by atoms with Crippen molar-refractivity contribution < 1.29 is 13.2 Å². The maximum atomic E-state index is 12.9. The summed E-state index contributed by atoms with van der Waals surface area (Å²) in [5.74, 6) is -0.435. The molecule has 1 aromatic carbocycles. The highest BCUT2D eigenvalue weighted by molar-refractivity contribution is 7.91. The van der Waals surface area contributed by atoms with E-state index in [2.05, 4.69) is 5.32 Å². The van der Waals surface area contributed by atoms with Crippen LogP contribution < -0.4 is 5.32 Å². The zero-order chi connectivity index (χ0) is 20.3. The molecule has 0 aliphatic carbocycles. The number of carbonyl (C=O) groups excluding carboxylic acids is 1. The summed E-state index contributed by atoms with van der Waals surface area (Å²) < 4.78 is 27.6. The van der Waals surface area contributed by atoms with E-state index in [1.54, 1.807) is 6.07 Å². The van der Waals surface area contributed by atoms with Crippen molar-refractivity contribution in [3.05, 3.63) is 51.9 Å². The van der Waals surface area contributed by atoms with Gasteiger partial charge in [-0.1, -0.05) is 30.7 Å². The van der Waals surface area contributed by atoms with Gasteiger partial charge in [0.2, 0.25) is 5.91 Å². The molecule has 0 spiro atoms. The van der Waals surface area contributed by atoms with Crippen LogP contribution in [0.4, 0.5) is 0 Å². The quantitative estimate of drug-likeness (QED) is 0.724. The summed E-state index contributed by atoms with van der Waals surface area (Å²) in [6.45, 7) is 4.58. The molecule has 2 heterocycles. The molecule has 3 rings (SSSR count). The zero-order valence-corrected chi connectivity index (χ0v) is 18.4. The summed E-state index contributed by atoms with van der Waals surface area (Å²) >= 11 is 7.22. The van der Waals surface area contributed by atoms with Crippen molar-refractivity contribution in [1.82, 2.24) is 9.62 Å². The number of carbonyl (C=O) groups is 1. The van der Waals surface area contributed by atoms with Crippen LogP contribution >= 0.6 is 22.9 Å². The molecule has 1 N–H and O–H groups in total. The number of sulfonamides is 1. The Labute approximate surface area is 175 Å². The van der Waals surface area contributed by atoms with Crippen molar-refractivity contribution in [3.8, 4) is 0 Å². The minimum atomic E-state index is -3.54. The zero-order valence-electron chi connectivity index (χ0n) is 16.0. The van der Waals surface area contributed by atoms with Gasteiger partial charge in [0.1, 0.15) is 4.21 Å². The number of aryl methyl sites for hydroxylation is 1. The lowest BCUT2D eigenvalue weighted by Crippen LogP contribution is -2.45. The van der Waals surface area contributed by atoms with Gasteiger partial charge in [-0.15, -0.1) is 11.3 Å². The fourth-order valence-electron chi connectivity index (χ4n) is 3.46. The number of thiophene rings is 1. The van der Waals surface area contributed by atoms with Gasteiger partial charge in [-0.05, 0) is 56.0 Å². The van der Waals surface area contributed by atoms with Gasteiger partial charge in [0, 0.05) is 23.0 Å². The van der Waals surface area contributed by atoms with Crippen LogP contribution in [0.3, 0.4) is 0 Å². The molecule has 0 radical (unpaired) electrons. The van der Waals surface area contributed by atoms with Crippen LogP contribution in [0.2, 0.25) is 5.02 Å². The van der Waals surface area contributed by atoms with Gasteiger partial charge in [0.15, 0.2) is 0 Å². The molecule has 152 valence electrons. The lowest BCUT2D eigenvalue weighted by molar-refractivity contribution is -0.126. The predicted molar refractivity (Wildman–Crippen MR) is 113 cm³/mol. The minimum absolute atomic E-state index is 0.0935. The second-order valence-corrected chi connectivity index (χ2v) is 11.0. The van der Waals surface area contributed by atoms with Gasteiger partial charge >= 0.3 is 0 Å². The van der Waals surface area contributed by atoms with E-state index in [9.17, 15) is 13.2 Å². The molecular weight excluding hydrogens is 416 g/mol. The summed E-state index contributed by atoms with van der Waals surface area (Å²) in [6.07, 6.45) is 2.12. The van der Waals surface area contributed by atoms with Crippen molar-refractivity contribution in [3.63, 3.8) is 0 Å². The number of piperidine rings is 1. The molecule has 2 aromatic rings. The van der Waals surface area contributed by atoms with Crippen LogP contribution in [0.5, 0.6) is 0 Å². The molecule has 8 heteroatoms. The molecule has 1 amide bonds. The third kappa shape index (κ3) is 4.76. The lowest BCUT2D eigenvalue weighted by atomic mass is 9.97. The van der Waals surface area contributed by atoms with Crippen molar-refractivity contribution in [1.29, 1.82) is 0 Å². The number of hydrogen-bond donors (Lipinski definition) is 1. The molecule has 1 fully saturated rings. The third-order valence-corrected chi connectivity index (χ3v) is 8.65. The fourth-order valence-corrected chi connectivity index (χ4v) is 6.55. The van der Waals surface area contributed by atoms with Crippen molar-refractivity contribution in [2.45, 2.75) is 43.4 Å². The van der Waals surface area contributed by atoms with Gasteiger partial charge in [-0.2, -0.15) is 4.31 Å². The molecule has 1 aromatic heterocycles. The number of hydrogen-bond acceptors (Lipinski definition) is 4. The Morgan fingerprint density at radius 1 is 1.29 bits per heavy atom. The summed E-state index contributed by atoms with van der Waals surface area (Å²) in [5.41, 5.74) is 0.995. The van der Waals surface area contributed by atoms with Gasteiger partial charge in [0.25, 0.3) is 10.0 Å². The maximum absolute atomic E-state index is 12.9. The first-order valence-corrected chi connectivity index (χ1v) is 12.1. The van der Waals surface area contributed by atoms with E-state index in [1.165, 1.54) is 15.6 Å². The van der Waals surface area contributed by atoms with Crippen molar-refractivity contribution >= 4 is 38.9 Å². The highest BCUT2D eigenvalue weighted by Gasteiger charge is 2.34. The van der Waals surface area contributed by atoms with Gasteiger partial charge in [-0.3, -0.25) is 4.79 Å². The van der Waals surface area contributed by atoms with Crippen LogP contribution in [0.1, 0.15) is 42.7 Å². The molecule has 2 unspecified atom stereocenters. The van der Waals surface area contributed by atoms with Crippen LogP contribution in [-0.4, -0.2) is 31.7 Å². The lowest BCUT2D eigenvalue weighted by Gasteiger charge is -2.31. The van der Waals surface area contributed by atoms with E-state index in [4.69, 9.17) is 11.6 Å². The predicted octanol–water partition coefficient (Wildman–Crippen LogP) is 4.38. The molecule has 1 aliphatic heterocycles. The molecule has 1 saturated heterocycles. The van der Waals surface area contributed by atoms with Crippen LogP contribution in [-0.2, 0) is 14.8 Å². The molecule has 1 aliphatic rings. The average molecular weight is 441 g/mol. The third-order valence-electron chi connectivity index (χ3n) is 5.06. The molecule has 28 heavy (non-hydrogen) atoms. The van der Waals surface area contributed by atoms with E-state index < -0.39 is 10.0 Å². The first-order chi connectivity index (χ1) is 13.3. The van der Waals surface area contributed by atoms with E-state index in [0.29, 0.717) is 28.6 Å². The Morgan fingerprint density at radius 2 is 2.00 bits per heavy atom. The minimum Gasteiger partial charge on any atom is -0.349 e. The van der Waals surface area contributed by atoms with Crippen LogP contribution in [0, 0.1) is 12.8 Å². The van der Waals surface area contributed by atoms with Crippen LogP contribution in [0.25, 0.3) is 0 Å². The second kappa shape index (κ2) is 8.95. The largest absolute Gasteiger partial charge is 0.349 e. The van der Waals surface area contributed by atoms with E-state index >= 15 is 0 Å². The first-order valence-electron chi connectivity index (χ1n) is 9.43. The SMILES string of the molecule is CCC(NC(=O)C1CCCN(S(=O)(=O)c2ccc(C)s2)C1)c1ccc(Cl)cc1. The monoisotopic (exact) mass is 440 g/mol. The Hall–Kier alpha value is -1.41. The van der Waals surface area contributed by atoms with Gasteiger partial charge < -0.3 is 5.32 Å². The fraction of sp³-hybridized carbons (Fsp3) is 0.450. The summed E-state index contributed by atoms with van der Waals surface area (Å²) in [4.78, 5) is 13.8. The van der Waals surface area contributed by atoms with Crippen LogP contribution in [0.15, 0.2) is 40.6 Å². The highest BCUT2D eigenvalue weighted by atomic mass is 35.5. The summed E-state index contributed by atoms with van der Waals surface area (Å²) in [7, 11) is -3.54. The number of halogens is 1. The molecular formula is C20H25ClN2O3S2. The number of amides is 1. The van der Waals surface area contributed by atoms with Gasteiger partial charge in [0.05, 0.1) is 12.0 Å². The normalized spacial score (nSPS) is 19.3.